The highest BCUT2D eigenvalue weighted by atomic mass is 16.5. The van der Waals surface area contributed by atoms with Crippen molar-refractivity contribution in [1.82, 2.24) is 0 Å². The minimum Gasteiger partial charge on any atom is -0.486 e. The van der Waals surface area contributed by atoms with Gasteiger partial charge in [-0.05, 0) is 55.9 Å². The molecule has 2 aromatic carbocycles. The number of hydrogen-bond acceptors (Lipinski definition) is 3. The lowest BCUT2D eigenvalue weighted by molar-refractivity contribution is -0.119. The Morgan fingerprint density at radius 2 is 1.85 bits per heavy atom. The standard InChI is InChI=1S/C22H23NO3/c1-14-3-5-15(6-4-14)16-7-8-17-19(13-16)26-22(11-2-12-22)18(21(17)25)9-10-20(23)24/h3-8,13,18H,2,9-12H2,1H3,(H2,23,24). The number of amides is 1. The summed E-state index contributed by atoms with van der Waals surface area (Å²) < 4.78 is 6.38. The fourth-order valence-electron chi connectivity index (χ4n) is 4.11. The second-order valence-corrected chi connectivity index (χ2v) is 7.52. The van der Waals surface area contributed by atoms with E-state index in [4.69, 9.17) is 10.5 Å². The number of carbonyl (C=O) groups is 2. The second kappa shape index (κ2) is 6.27. The molecule has 2 aliphatic rings. The summed E-state index contributed by atoms with van der Waals surface area (Å²) in [6, 6.07) is 14.1. The van der Waals surface area contributed by atoms with E-state index in [1.54, 1.807) is 0 Å². The molecule has 4 rings (SSSR count). The van der Waals surface area contributed by atoms with Crippen molar-refractivity contribution in [3.8, 4) is 16.9 Å². The number of Topliss-reactive ketones (excluding diaryl/α,β-unsaturated/α-hetero) is 1. The summed E-state index contributed by atoms with van der Waals surface area (Å²) in [5.74, 6) is 0.111. The van der Waals surface area contributed by atoms with Gasteiger partial charge in [0.1, 0.15) is 11.4 Å². The van der Waals surface area contributed by atoms with Crippen molar-refractivity contribution in [3.05, 3.63) is 53.6 Å². The molecule has 1 atom stereocenters. The van der Waals surface area contributed by atoms with Crippen LogP contribution in [0.4, 0.5) is 0 Å². The van der Waals surface area contributed by atoms with Crippen LogP contribution in [0.3, 0.4) is 0 Å². The van der Waals surface area contributed by atoms with Crippen LogP contribution in [0.1, 0.15) is 48.0 Å². The summed E-state index contributed by atoms with van der Waals surface area (Å²) in [5, 5.41) is 0. The van der Waals surface area contributed by atoms with Gasteiger partial charge in [-0.1, -0.05) is 35.9 Å². The third kappa shape index (κ3) is 2.79. The van der Waals surface area contributed by atoms with Crippen LogP contribution in [0.5, 0.6) is 5.75 Å². The van der Waals surface area contributed by atoms with E-state index in [0.717, 1.165) is 30.4 Å². The number of carbonyl (C=O) groups excluding carboxylic acids is 2. The zero-order valence-electron chi connectivity index (χ0n) is 15.0. The van der Waals surface area contributed by atoms with Gasteiger partial charge < -0.3 is 10.5 Å². The van der Waals surface area contributed by atoms with Crippen LogP contribution in [-0.2, 0) is 4.79 Å². The van der Waals surface area contributed by atoms with Crippen molar-refractivity contribution in [2.24, 2.45) is 11.7 Å². The van der Waals surface area contributed by atoms with E-state index in [2.05, 4.69) is 31.2 Å². The number of ketones is 1. The lowest BCUT2D eigenvalue weighted by Crippen LogP contribution is -2.55. The van der Waals surface area contributed by atoms with Gasteiger partial charge >= 0.3 is 0 Å². The molecule has 1 spiro atoms. The molecule has 26 heavy (non-hydrogen) atoms. The number of rotatable bonds is 4. The molecule has 1 aliphatic carbocycles. The minimum absolute atomic E-state index is 0.0858. The molecule has 0 radical (unpaired) electrons. The Balaban J connectivity index is 1.69. The lowest BCUT2D eigenvalue weighted by atomic mass is 9.65. The summed E-state index contributed by atoms with van der Waals surface area (Å²) in [7, 11) is 0. The molecule has 134 valence electrons. The fraction of sp³-hybridized carbons (Fsp3) is 0.364. The predicted molar refractivity (Wildman–Crippen MR) is 100 cm³/mol. The summed E-state index contributed by atoms with van der Waals surface area (Å²) in [4.78, 5) is 24.3. The van der Waals surface area contributed by atoms with E-state index in [9.17, 15) is 9.59 Å². The van der Waals surface area contributed by atoms with Crippen molar-refractivity contribution < 1.29 is 14.3 Å². The molecule has 0 saturated heterocycles. The second-order valence-electron chi connectivity index (χ2n) is 7.52. The first-order valence-corrected chi connectivity index (χ1v) is 9.21. The number of hydrogen-bond donors (Lipinski definition) is 1. The molecule has 1 unspecified atom stereocenters. The maximum absolute atomic E-state index is 13.1. The number of nitrogens with two attached hydrogens (primary N) is 1. The van der Waals surface area contributed by atoms with E-state index in [-0.39, 0.29) is 24.0 Å². The van der Waals surface area contributed by atoms with Gasteiger partial charge in [0.15, 0.2) is 5.78 Å². The molecule has 2 aromatic rings. The molecule has 1 heterocycles. The van der Waals surface area contributed by atoms with E-state index < -0.39 is 5.60 Å². The van der Waals surface area contributed by atoms with Gasteiger partial charge in [0.05, 0.1) is 11.5 Å². The molecule has 0 bridgehead atoms. The van der Waals surface area contributed by atoms with E-state index in [1.165, 1.54) is 5.56 Å². The molecule has 0 aromatic heterocycles. The molecule has 1 fully saturated rings. The van der Waals surface area contributed by atoms with Crippen molar-refractivity contribution in [2.75, 3.05) is 0 Å². The molecule has 4 nitrogen and oxygen atoms in total. The Morgan fingerprint density at radius 1 is 1.15 bits per heavy atom. The van der Waals surface area contributed by atoms with Crippen LogP contribution < -0.4 is 10.5 Å². The Hall–Kier alpha value is -2.62. The monoisotopic (exact) mass is 349 g/mol. The number of aryl methyl sites for hydroxylation is 1. The van der Waals surface area contributed by atoms with Crippen molar-refractivity contribution in [2.45, 2.75) is 44.6 Å². The van der Waals surface area contributed by atoms with E-state index in [1.807, 2.05) is 18.2 Å². The SMILES string of the molecule is Cc1ccc(-c2ccc3c(c2)OC2(CCC2)C(CCC(N)=O)C3=O)cc1. The quantitative estimate of drug-likeness (QED) is 0.905. The maximum Gasteiger partial charge on any atom is 0.217 e. The number of fused-ring (bicyclic) bond motifs is 1. The predicted octanol–water partition coefficient (Wildman–Crippen LogP) is 4.04. The van der Waals surface area contributed by atoms with Crippen LogP contribution >= 0.6 is 0 Å². The topological polar surface area (TPSA) is 69.4 Å². The van der Waals surface area contributed by atoms with Crippen LogP contribution in [-0.4, -0.2) is 17.3 Å². The van der Waals surface area contributed by atoms with Gasteiger partial charge in [-0.25, -0.2) is 0 Å². The van der Waals surface area contributed by atoms with Gasteiger partial charge in [0.25, 0.3) is 0 Å². The number of benzene rings is 2. The van der Waals surface area contributed by atoms with E-state index >= 15 is 0 Å². The third-order valence-electron chi connectivity index (χ3n) is 5.78. The molecule has 1 saturated carbocycles. The average molecular weight is 349 g/mol. The van der Waals surface area contributed by atoms with Crippen molar-refractivity contribution in [1.29, 1.82) is 0 Å². The Kier molecular flexibility index (Phi) is 4.06. The molecule has 1 aliphatic heterocycles. The zero-order chi connectivity index (χ0) is 18.3. The number of ether oxygens (including phenoxy) is 1. The zero-order valence-corrected chi connectivity index (χ0v) is 15.0. The van der Waals surface area contributed by atoms with Gasteiger partial charge in [0, 0.05) is 6.42 Å². The normalized spacial score (nSPS) is 20.2. The van der Waals surface area contributed by atoms with Gasteiger partial charge in [-0.2, -0.15) is 0 Å². The Bertz CT molecular complexity index is 865. The summed E-state index contributed by atoms with van der Waals surface area (Å²) in [5.41, 5.74) is 8.83. The first kappa shape index (κ1) is 16.8. The molecule has 1 amide bonds. The van der Waals surface area contributed by atoms with Gasteiger partial charge in [-0.15, -0.1) is 0 Å². The van der Waals surface area contributed by atoms with Crippen LogP contribution in [0, 0.1) is 12.8 Å². The highest BCUT2D eigenvalue weighted by Crippen LogP contribution is 2.50. The van der Waals surface area contributed by atoms with E-state index in [0.29, 0.717) is 17.7 Å². The molecule has 4 heteroatoms. The smallest absolute Gasteiger partial charge is 0.217 e. The fourth-order valence-corrected chi connectivity index (χ4v) is 4.11. The average Bonchev–Trinajstić information content (AvgIpc) is 2.59. The first-order chi connectivity index (χ1) is 12.5. The largest absolute Gasteiger partial charge is 0.486 e. The lowest BCUT2D eigenvalue weighted by Gasteiger charge is -2.49. The highest BCUT2D eigenvalue weighted by Gasteiger charge is 2.53. The molecule has 2 N–H and O–H groups in total. The van der Waals surface area contributed by atoms with Crippen LogP contribution in [0.15, 0.2) is 42.5 Å². The Morgan fingerprint density at radius 3 is 2.46 bits per heavy atom. The summed E-state index contributed by atoms with van der Waals surface area (Å²) >= 11 is 0. The Labute approximate surface area is 153 Å². The molecular weight excluding hydrogens is 326 g/mol. The summed E-state index contributed by atoms with van der Waals surface area (Å²) in [6.45, 7) is 2.06. The maximum atomic E-state index is 13.1. The molecular formula is C22H23NO3. The van der Waals surface area contributed by atoms with Crippen LogP contribution in [0.25, 0.3) is 11.1 Å². The minimum atomic E-state index is -0.453. The van der Waals surface area contributed by atoms with Crippen molar-refractivity contribution in [3.63, 3.8) is 0 Å². The van der Waals surface area contributed by atoms with Gasteiger partial charge in [-0.3, -0.25) is 9.59 Å². The highest BCUT2D eigenvalue weighted by molar-refractivity contribution is 6.03. The third-order valence-corrected chi connectivity index (χ3v) is 5.78. The van der Waals surface area contributed by atoms with Crippen LogP contribution in [0.2, 0.25) is 0 Å². The summed E-state index contributed by atoms with van der Waals surface area (Å²) in [6.07, 6.45) is 3.45. The van der Waals surface area contributed by atoms with Gasteiger partial charge in [0.2, 0.25) is 5.91 Å². The number of primary amides is 1. The van der Waals surface area contributed by atoms with Crippen molar-refractivity contribution >= 4 is 11.7 Å². The first-order valence-electron chi connectivity index (χ1n) is 9.21.